The first-order chi connectivity index (χ1) is 11.4. The highest BCUT2D eigenvalue weighted by Crippen LogP contribution is 2.31. The number of methoxy groups -OCH3 is 1. The minimum absolute atomic E-state index is 0.0588. The first kappa shape index (κ1) is 22.5. The van der Waals surface area contributed by atoms with Crippen LogP contribution in [0.25, 0.3) is 0 Å². The van der Waals surface area contributed by atoms with E-state index in [9.17, 15) is 27.7 Å². The lowest BCUT2D eigenvalue weighted by Crippen LogP contribution is -2.21. The zero-order chi connectivity index (χ0) is 19.8. The van der Waals surface area contributed by atoms with E-state index in [1.807, 2.05) is 0 Å². The number of carboxylic acid groups (broad SMARTS) is 1. The van der Waals surface area contributed by atoms with Gasteiger partial charge in [-0.15, -0.1) is 0 Å². The van der Waals surface area contributed by atoms with Gasteiger partial charge in [-0.1, -0.05) is 0 Å². The van der Waals surface area contributed by atoms with Gasteiger partial charge < -0.3 is 20.3 Å². The van der Waals surface area contributed by atoms with Crippen LogP contribution < -0.4 is 10.5 Å². The number of benzene rings is 1. The monoisotopic (exact) mass is 372 g/mol. The molecule has 0 fully saturated rings. The molecule has 0 unspecified atom stereocenters. The summed E-state index contributed by atoms with van der Waals surface area (Å²) in [6.45, 7) is 2.11. The number of nitro groups is 1. The predicted octanol–water partition coefficient (Wildman–Crippen LogP) is 2.24. The summed E-state index contributed by atoms with van der Waals surface area (Å²) in [6, 6.07) is 2.22. The summed E-state index contributed by atoms with van der Waals surface area (Å²) < 4.78 is 55.1. The first-order valence-corrected chi connectivity index (χ1v) is 6.54. The Morgan fingerprint density at radius 3 is 2.32 bits per heavy atom. The normalized spacial score (nSPS) is 12.0. The van der Waals surface area contributed by atoms with Crippen molar-refractivity contribution in [3.63, 3.8) is 0 Å². The van der Waals surface area contributed by atoms with Crippen LogP contribution in [0.2, 0.25) is 0 Å². The van der Waals surface area contributed by atoms with Crippen LogP contribution in [-0.4, -0.2) is 41.9 Å². The van der Waals surface area contributed by atoms with Crippen molar-refractivity contribution in [3.05, 3.63) is 33.6 Å². The number of halogens is 4. The fraction of sp³-hybridized carbons (Fsp3) is 0.462. The molecule has 25 heavy (non-hydrogen) atoms. The van der Waals surface area contributed by atoms with E-state index in [2.05, 4.69) is 4.74 Å². The van der Waals surface area contributed by atoms with E-state index in [-0.39, 0.29) is 18.4 Å². The summed E-state index contributed by atoms with van der Waals surface area (Å²) in [4.78, 5) is 19.0. The van der Waals surface area contributed by atoms with Crippen molar-refractivity contribution in [2.24, 2.45) is 5.73 Å². The van der Waals surface area contributed by atoms with E-state index in [0.29, 0.717) is 12.2 Å². The fourth-order valence-electron chi connectivity index (χ4n) is 1.42. The zero-order valence-corrected chi connectivity index (χ0v) is 13.2. The largest absolute Gasteiger partial charge is 0.490 e. The Morgan fingerprint density at radius 1 is 1.44 bits per heavy atom. The van der Waals surface area contributed by atoms with Gasteiger partial charge in [0.1, 0.15) is 0 Å². The smallest absolute Gasteiger partial charge is 0.488 e. The van der Waals surface area contributed by atoms with E-state index < -0.39 is 28.6 Å². The molecule has 1 atom stereocenters. The molecule has 3 N–H and O–H groups in total. The van der Waals surface area contributed by atoms with Gasteiger partial charge in [-0.05, 0) is 18.6 Å². The number of carboxylic acids is 1. The number of ether oxygens (including phenoxy) is 2. The molecule has 0 aliphatic heterocycles. The zero-order valence-electron chi connectivity index (χ0n) is 13.2. The average Bonchev–Trinajstić information content (AvgIpc) is 2.45. The molecule has 0 radical (unpaired) electrons. The molecule has 142 valence electrons. The van der Waals surface area contributed by atoms with Crippen LogP contribution in [0.1, 0.15) is 12.5 Å². The third-order valence-corrected chi connectivity index (χ3v) is 2.38. The molecule has 0 saturated carbocycles. The second kappa shape index (κ2) is 9.74. The van der Waals surface area contributed by atoms with Crippen molar-refractivity contribution in [1.29, 1.82) is 0 Å². The van der Waals surface area contributed by atoms with Crippen LogP contribution in [0, 0.1) is 15.9 Å². The number of carbonyl (C=O) groups is 1. The minimum atomic E-state index is -5.08. The number of nitrogens with zero attached hydrogens (tertiary/aromatic N) is 1. The van der Waals surface area contributed by atoms with Crippen LogP contribution in [0.5, 0.6) is 5.75 Å². The Bertz CT molecular complexity index is 607. The number of hydrogen-bond acceptors (Lipinski definition) is 6. The predicted molar refractivity (Wildman–Crippen MR) is 76.6 cm³/mol. The number of aliphatic carboxylic acids is 1. The first-order valence-electron chi connectivity index (χ1n) is 6.54. The van der Waals surface area contributed by atoms with Crippen LogP contribution in [0.15, 0.2) is 12.1 Å². The lowest BCUT2D eigenvalue weighted by atomic mass is 10.2. The Hall–Kier alpha value is -2.47. The van der Waals surface area contributed by atoms with Gasteiger partial charge in [-0.3, -0.25) is 10.1 Å². The van der Waals surface area contributed by atoms with Gasteiger partial charge in [-0.2, -0.15) is 13.2 Å². The maximum Gasteiger partial charge on any atom is 0.490 e. The molecule has 0 saturated heterocycles. The van der Waals surface area contributed by atoms with Crippen molar-refractivity contribution >= 4 is 11.7 Å². The fourth-order valence-corrected chi connectivity index (χ4v) is 1.42. The molecule has 0 spiro atoms. The van der Waals surface area contributed by atoms with E-state index >= 15 is 0 Å². The molecule has 0 aliphatic carbocycles. The molecular formula is C13H16F4N2O6. The van der Waals surface area contributed by atoms with E-state index in [0.717, 1.165) is 6.07 Å². The lowest BCUT2D eigenvalue weighted by Gasteiger charge is -2.09. The molecular weight excluding hydrogens is 356 g/mol. The average molecular weight is 372 g/mol. The van der Waals surface area contributed by atoms with Crippen molar-refractivity contribution in [2.45, 2.75) is 25.7 Å². The summed E-state index contributed by atoms with van der Waals surface area (Å²) in [5.41, 5.74) is 5.43. The SMILES string of the molecule is COc1c(F)cc(COC[C@@H](C)N)cc1[N+](=O)[O-].O=C(O)C(F)(F)F. The summed E-state index contributed by atoms with van der Waals surface area (Å²) in [5, 5.41) is 17.9. The molecule has 0 aromatic heterocycles. The van der Waals surface area contributed by atoms with E-state index in [4.69, 9.17) is 20.4 Å². The Labute approximate surface area is 139 Å². The maximum absolute atomic E-state index is 13.5. The lowest BCUT2D eigenvalue weighted by molar-refractivity contribution is -0.386. The van der Waals surface area contributed by atoms with Crippen LogP contribution in [-0.2, 0) is 16.1 Å². The molecule has 1 aromatic rings. The van der Waals surface area contributed by atoms with Gasteiger partial charge in [0, 0.05) is 12.1 Å². The summed E-state index contributed by atoms with van der Waals surface area (Å²) >= 11 is 0. The topological polar surface area (TPSA) is 125 Å². The molecule has 8 nitrogen and oxygen atoms in total. The second-order valence-corrected chi connectivity index (χ2v) is 4.68. The van der Waals surface area contributed by atoms with Gasteiger partial charge >= 0.3 is 17.8 Å². The number of nitro benzene ring substituents is 1. The minimum Gasteiger partial charge on any atom is -0.488 e. The molecule has 0 bridgehead atoms. The van der Waals surface area contributed by atoms with Gasteiger partial charge in [-0.25, -0.2) is 9.18 Å². The molecule has 0 heterocycles. The molecule has 12 heteroatoms. The van der Waals surface area contributed by atoms with Crippen LogP contribution >= 0.6 is 0 Å². The standard InChI is InChI=1S/C11H15FN2O4.C2HF3O2/c1-7(13)5-18-6-8-3-9(12)11(17-2)10(4-8)14(15)16;3-2(4,5)1(6)7/h3-4,7H,5-6,13H2,1-2H3;(H,6,7)/t7-;/m1./s1. The van der Waals surface area contributed by atoms with Gasteiger partial charge in [0.2, 0.25) is 5.75 Å². The Balaban J connectivity index is 0.000000697. The molecule has 1 aromatic carbocycles. The van der Waals surface area contributed by atoms with Crippen molar-refractivity contribution in [2.75, 3.05) is 13.7 Å². The number of nitrogens with two attached hydrogens (primary N) is 1. The van der Waals surface area contributed by atoms with Crippen molar-refractivity contribution < 1.29 is 41.9 Å². The third-order valence-electron chi connectivity index (χ3n) is 2.38. The Kier molecular flexibility index (Phi) is 8.77. The van der Waals surface area contributed by atoms with Gasteiger partial charge in [0.25, 0.3) is 0 Å². The third kappa shape index (κ3) is 8.26. The highest BCUT2D eigenvalue weighted by Gasteiger charge is 2.38. The Morgan fingerprint density at radius 2 is 1.96 bits per heavy atom. The summed E-state index contributed by atoms with van der Waals surface area (Å²) in [5.74, 6) is -3.92. The van der Waals surface area contributed by atoms with Gasteiger partial charge in [0.05, 0.1) is 25.2 Å². The van der Waals surface area contributed by atoms with Crippen LogP contribution in [0.3, 0.4) is 0 Å². The molecule has 1 rings (SSSR count). The summed E-state index contributed by atoms with van der Waals surface area (Å²) in [7, 11) is 1.18. The van der Waals surface area contributed by atoms with Crippen molar-refractivity contribution in [1.82, 2.24) is 0 Å². The highest BCUT2D eigenvalue weighted by atomic mass is 19.4. The van der Waals surface area contributed by atoms with Crippen LogP contribution in [0.4, 0.5) is 23.2 Å². The van der Waals surface area contributed by atoms with E-state index in [1.165, 1.54) is 13.2 Å². The highest BCUT2D eigenvalue weighted by molar-refractivity contribution is 5.73. The number of alkyl halides is 3. The quantitative estimate of drug-likeness (QED) is 0.446. The molecule has 0 aliphatic rings. The summed E-state index contributed by atoms with van der Waals surface area (Å²) in [6.07, 6.45) is -5.08. The number of hydrogen-bond donors (Lipinski definition) is 2. The molecule has 0 amide bonds. The van der Waals surface area contributed by atoms with E-state index in [1.54, 1.807) is 6.92 Å². The maximum atomic E-state index is 13.5. The van der Waals surface area contributed by atoms with Gasteiger partial charge in [0.15, 0.2) is 5.82 Å². The second-order valence-electron chi connectivity index (χ2n) is 4.68. The number of rotatable bonds is 6. The van der Waals surface area contributed by atoms with Crippen molar-refractivity contribution in [3.8, 4) is 5.75 Å².